The number of thiocarbonyl (C=S) groups is 1. The molecule has 0 atom stereocenters. The SMILES string of the molecule is CCc1ccc(C(=S)Nc2ccc(C(F)(F)F)cc2)c(Cl)c1. The lowest BCUT2D eigenvalue weighted by atomic mass is 10.1. The van der Waals surface area contributed by atoms with Crippen molar-refractivity contribution in [3.8, 4) is 0 Å². The fraction of sp³-hybridized carbons (Fsp3) is 0.188. The van der Waals surface area contributed by atoms with Crippen LogP contribution in [0.15, 0.2) is 42.5 Å². The summed E-state index contributed by atoms with van der Waals surface area (Å²) in [5.74, 6) is 0. The van der Waals surface area contributed by atoms with Crippen molar-refractivity contribution in [3.05, 3.63) is 64.2 Å². The van der Waals surface area contributed by atoms with E-state index in [1.165, 1.54) is 12.1 Å². The van der Waals surface area contributed by atoms with Crippen LogP contribution >= 0.6 is 23.8 Å². The molecule has 0 radical (unpaired) electrons. The Balaban J connectivity index is 2.15. The number of hydrogen-bond acceptors (Lipinski definition) is 1. The summed E-state index contributed by atoms with van der Waals surface area (Å²) in [5.41, 5.74) is 1.52. The number of aryl methyl sites for hydroxylation is 1. The minimum absolute atomic E-state index is 0.368. The molecule has 0 aliphatic carbocycles. The molecule has 2 rings (SSSR count). The third-order valence-electron chi connectivity index (χ3n) is 3.16. The second kappa shape index (κ2) is 6.67. The zero-order chi connectivity index (χ0) is 16.3. The number of alkyl halides is 3. The van der Waals surface area contributed by atoms with Gasteiger partial charge in [-0.15, -0.1) is 0 Å². The average Bonchev–Trinajstić information content (AvgIpc) is 2.46. The maximum absolute atomic E-state index is 12.5. The Labute approximate surface area is 137 Å². The highest BCUT2D eigenvalue weighted by Crippen LogP contribution is 2.30. The molecule has 0 aliphatic rings. The molecule has 6 heteroatoms. The van der Waals surface area contributed by atoms with Gasteiger partial charge < -0.3 is 5.32 Å². The summed E-state index contributed by atoms with van der Waals surface area (Å²) in [6.07, 6.45) is -3.49. The third kappa shape index (κ3) is 3.99. The highest BCUT2D eigenvalue weighted by Gasteiger charge is 2.29. The van der Waals surface area contributed by atoms with Crippen molar-refractivity contribution in [1.82, 2.24) is 0 Å². The van der Waals surface area contributed by atoms with Crippen LogP contribution in [0.25, 0.3) is 0 Å². The number of nitrogens with one attached hydrogen (secondary N) is 1. The Morgan fingerprint density at radius 1 is 1.14 bits per heavy atom. The van der Waals surface area contributed by atoms with E-state index in [-0.39, 0.29) is 0 Å². The molecule has 0 unspecified atom stereocenters. The van der Waals surface area contributed by atoms with Gasteiger partial charge in [-0.1, -0.05) is 42.9 Å². The van der Waals surface area contributed by atoms with Gasteiger partial charge in [0.1, 0.15) is 4.99 Å². The van der Waals surface area contributed by atoms with E-state index in [1.54, 1.807) is 6.07 Å². The first kappa shape index (κ1) is 16.8. The second-order valence-corrected chi connectivity index (χ2v) is 5.51. The minimum Gasteiger partial charge on any atom is -0.346 e. The average molecular weight is 344 g/mol. The van der Waals surface area contributed by atoms with Crippen LogP contribution < -0.4 is 5.32 Å². The Kier molecular flexibility index (Phi) is 5.08. The van der Waals surface area contributed by atoms with E-state index in [0.29, 0.717) is 21.3 Å². The van der Waals surface area contributed by atoms with Crippen molar-refractivity contribution in [3.63, 3.8) is 0 Å². The second-order valence-electron chi connectivity index (χ2n) is 4.70. The zero-order valence-electron chi connectivity index (χ0n) is 11.7. The predicted molar refractivity (Wildman–Crippen MR) is 87.6 cm³/mol. The maximum atomic E-state index is 12.5. The molecule has 1 nitrogen and oxygen atoms in total. The molecule has 0 heterocycles. The smallest absolute Gasteiger partial charge is 0.346 e. The van der Waals surface area contributed by atoms with Crippen molar-refractivity contribution in [1.29, 1.82) is 0 Å². The summed E-state index contributed by atoms with van der Waals surface area (Å²) in [7, 11) is 0. The topological polar surface area (TPSA) is 12.0 Å². The molecule has 1 N–H and O–H groups in total. The van der Waals surface area contributed by atoms with Crippen LogP contribution in [0, 0.1) is 0 Å². The summed E-state index contributed by atoms with van der Waals surface area (Å²) >= 11 is 11.4. The molecule has 0 fully saturated rings. The van der Waals surface area contributed by atoms with Crippen LogP contribution in [0.4, 0.5) is 18.9 Å². The van der Waals surface area contributed by atoms with Gasteiger partial charge in [-0.2, -0.15) is 13.2 Å². The molecule has 0 aromatic heterocycles. The summed E-state index contributed by atoms with van der Waals surface area (Å²) < 4.78 is 37.5. The molecular formula is C16H13ClF3NS. The van der Waals surface area contributed by atoms with Gasteiger partial charge in [-0.3, -0.25) is 0 Å². The van der Waals surface area contributed by atoms with Gasteiger partial charge >= 0.3 is 6.18 Å². The minimum atomic E-state index is -4.35. The van der Waals surface area contributed by atoms with E-state index >= 15 is 0 Å². The molecule has 22 heavy (non-hydrogen) atoms. The van der Waals surface area contributed by atoms with Gasteiger partial charge in [0.25, 0.3) is 0 Å². The monoisotopic (exact) mass is 343 g/mol. The summed E-state index contributed by atoms with van der Waals surface area (Å²) in [6.45, 7) is 2.02. The quantitative estimate of drug-likeness (QED) is 0.716. The fourth-order valence-corrected chi connectivity index (χ4v) is 2.55. The molecular weight excluding hydrogens is 331 g/mol. The summed E-state index contributed by atoms with van der Waals surface area (Å²) in [5, 5.41) is 3.41. The van der Waals surface area contributed by atoms with E-state index in [2.05, 4.69) is 5.32 Å². The third-order valence-corrected chi connectivity index (χ3v) is 3.79. The van der Waals surface area contributed by atoms with Crippen molar-refractivity contribution < 1.29 is 13.2 Å². The molecule has 116 valence electrons. The highest BCUT2D eigenvalue weighted by atomic mass is 35.5. The van der Waals surface area contributed by atoms with Gasteiger partial charge in [0.15, 0.2) is 0 Å². The highest BCUT2D eigenvalue weighted by molar-refractivity contribution is 7.81. The largest absolute Gasteiger partial charge is 0.416 e. The first-order valence-electron chi connectivity index (χ1n) is 6.58. The molecule has 0 spiro atoms. The van der Waals surface area contributed by atoms with Gasteiger partial charge in [-0.05, 0) is 42.3 Å². The molecule has 0 bridgehead atoms. The van der Waals surface area contributed by atoms with Gasteiger partial charge in [0.05, 0.1) is 10.6 Å². The zero-order valence-corrected chi connectivity index (χ0v) is 13.2. The van der Waals surface area contributed by atoms with Gasteiger partial charge in [-0.25, -0.2) is 0 Å². The summed E-state index contributed by atoms with van der Waals surface area (Å²) in [4.78, 5) is 0.368. The van der Waals surface area contributed by atoms with Gasteiger partial charge in [0.2, 0.25) is 0 Å². The number of benzene rings is 2. The van der Waals surface area contributed by atoms with E-state index in [9.17, 15) is 13.2 Å². The first-order chi connectivity index (χ1) is 10.3. The normalized spacial score (nSPS) is 11.3. The van der Waals surface area contributed by atoms with E-state index in [0.717, 1.165) is 24.1 Å². The van der Waals surface area contributed by atoms with E-state index in [4.69, 9.17) is 23.8 Å². The standard InChI is InChI=1S/C16H13ClF3NS/c1-2-10-3-8-13(14(17)9-10)15(22)21-12-6-4-11(5-7-12)16(18,19)20/h3-9H,2H2,1H3,(H,21,22). The van der Waals surface area contributed by atoms with E-state index in [1.807, 2.05) is 19.1 Å². The first-order valence-corrected chi connectivity index (χ1v) is 7.37. The lowest BCUT2D eigenvalue weighted by molar-refractivity contribution is -0.137. The Hall–Kier alpha value is -1.59. The molecule has 0 aliphatic heterocycles. The van der Waals surface area contributed by atoms with E-state index < -0.39 is 11.7 Å². The molecule has 2 aromatic rings. The number of halogens is 4. The lowest BCUT2D eigenvalue weighted by Crippen LogP contribution is -2.12. The Bertz CT molecular complexity index is 681. The van der Waals surface area contributed by atoms with Crippen molar-refractivity contribution >= 4 is 34.5 Å². The van der Waals surface area contributed by atoms with Crippen LogP contribution in [-0.4, -0.2) is 4.99 Å². The van der Waals surface area contributed by atoms with Crippen LogP contribution in [0.5, 0.6) is 0 Å². The number of rotatable bonds is 3. The molecule has 0 amide bonds. The fourth-order valence-electron chi connectivity index (χ4n) is 1.90. The molecule has 2 aromatic carbocycles. The molecule has 0 saturated heterocycles. The number of anilines is 1. The molecule has 0 saturated carbocycles. The Morgan fingerprint density at radius 3 is 2.27 bits per heavy atom. The van der Waals surface area contributed by atoms with Crippen LogP contribution in [0.1, 0.15) is 23.6 Å². The van der Waals surface area contributed by atoms with Crippen molar-refractivity contribution in [2.75, 3.05) is 5.32 Å². The van der Waals surface area contributed by atoms with Gasteiger partial charge in [0, 0.05) is 11.3 Å². The van der Waals surface area contributed by atoms with Crippen LogP contribution in [0.2, 0.25) is 5.02 Å². The maximum Gasteiger partial charge on any atom is 0.416 e. The van der Waals surface area contributed by atoms with Crippen LogP contribution in [0.3, 0.4) is 0 Å². The lowest BCUT2D eigenvalue weighted by Gasteiger charge is -2.12. The van der Waals surface area contributed by atoms with Crippen molar-refractivity contribution in [2.45, 2.75) is 19.5 Å². The number of hydrogen-bond donors (Lipinski definition) is 1. The summed E-state index contributed by atoms with van der Waals surface area (Å²) in [6, 6.07) is 10.2. The van der Waals surface area contributed by atoms with Crippen LogP contribution in [-0.2, 0) is 12.6 Å². The predicted octanol–water partition coefficient (Wildman–Crippen LogP) is 5.71. The Morgan fingerprint density at radius 2 is 1.77 bits per heavy atom. The van der Waals surface area contributed by atoms with Crippen molar-refractivity contribution in [2.24, 2.45) is 0 Å².